The van der Waals surface area contributed by atoms with Crippen molar-refractivity contribution in [1.29, 1.82) is 0 Å². The molecule has 27 heavy (non-hydrogen) atoms. The second-order valence-electron chi connectivity index (χ2n) is 6.71. The molecular formula is C19H25N3O4S. The van der Waals surface area contributed by atoms with Gasteiger partial charge in [-0.05, 0) is 25.0 Å². The number of fused-ring (bicyclic) bond motifs is 1. The number of urea groups is 1. The highest BCUT2D eigenvalue weighted by molar-refractivity contribution is 8.00. The minimum absolute atomic E-state index is 0.0711. The van der Waals surface area contributed by atoms with Crippen LogP contribution in [0.25, 0.3) is 0 Å². The number of nitrogens with one attached hydrogen (secondary N) is 3. The van der Waals surface area contributed by atoms with E-state index in [0.29, 0.717) is 23.8 Å². The van der Waals surface area contributed by atoms with Gasteiger partial charge in [-0.15, -0.1) is 0 Å². The summed E-state index contributed by atoms with van der Waals surface area (Å²) < 4.78 is 5.16. The number of esters is 1. The van der Waals surface area contributed by atoms with Crippen LogP contribution in [0.5, 0.6) is 0 Å². The van der Waals surface area contributed by atoms with Crippen molar-refractivity contribution < 1.29 is 19.1 Å². The van der Waals surface area contributed by atoms with E-state index in [0.717, 1.165) is 25.0 Å². The zero-order valence-electron chi connectivity index (χ0n) is 15.1. The van der Waals surface area contributed by atoms with E-state index in [1.807, 2.05) is 17.8 Å². The lowest BCUT2D eigenvalue weighted by molar-refractivity contribution is -0.143. The Kier molecular flexibility index (Phi) is 6.98. The van der Waals surface area contributed by atoms with E-state index in [9.17, 15) is 14.4 Å². The van der Waals surface area contributed by atoms with Crippen molar-refractivity contribution in [2.24, 2.45) is 0 Å². The van der Waals surface area contributed by atoms with Crippen LogP contribution in [0.4, 0.5) is 4.79 Å². The van der Waals surface area contributed by atoms with Crippen LogP contribution in [0.15, 0.2) is 30.3 Å². The van der Waals surface area contributed by atoms with Gasteiger partial charge in [-0.25, -0.2) is 4.79 Å². The van der Waals surface area contributed by atoms with Crippen molar-refractivity contribution in [3.8, 4) is 0 Å². The normalized spacial score (nSPS) is 23.3. The van der Waals surface area contributed by atoms with E-state index < -0.39 is 0 Å². The zero-order chi connectivity index (χ0) is 19.1. The third-order valence-corrected chi connectivity index (χ3v) is 6.25. The van der Waals surface area contributed by atoms with Crippen LogP contribution in [0.1, 0.15) is 36.0 Å². The van der Waals surface area contributed by atoms with Crippen molar-refractivity contribution in [3.63, 3.8) is 0 Å². The first-order valence-corrected chi connectivity index (χ1v) is 10.4. The molecular weight excluding hydrogens is 366 g/mol. The second kappa shape index (κ2) is 9.64. The predicted molar refractivity (Wildman–Crippen MR) is 104 cm³/mol. The zero-order valence-corrected chi connectivity index (χ0v) is 15.9. The number of carbonyl (C=O) groups is 3. The van der Waals surface area contributed by atoms with Gasteiger partial charge >= 0.3 is 12.0 Å². The number of hydrogen-bond donors (Lipinski definition) is 3. The molecule has 0 saturated carbocycles. The Morgan fingerprint density at radius 2 is 2.00 bits per heavy atom. The van der Waals surface area contributed by atoms with Crippen LogP contribution in [0.3, 0.4) is 0 Å². The van der Waals surface area contributed by atoms with Crippen molar-refractivity contribution in [2.75, 3.05) is 18.9 Å². The van der Waals surface area contributed by atoms with Crippen molar-refractivity contribution >= 4 is 29.7 Å². The Balaban J connectivity index is 1.22. The average molecular weight is 391 g/mol. The van der Waals surface area contributed by atoms with Crippen LogP contribution < -0.4 is 16.0 Å². The van der Waals surface area contributed by atoms with E-state index in [4.69, 9.17) is 4.74 Å². The molecule has 0 spiro atoms. The van der Waals surface area contributed by atoms with Crippen molar-refractivity contribution in [3.05, 3.63) is 35.9 Å². The molecule has 2 aliphatic rings. The predicted octanol–water partition coefficient (Wildman–Crippen LogP) is 1.69. The summed E-state index contributed by atoms with van der Waals surface area (Å²) in [5.41, 5.74) is 0.588. The molecule has 7 nitrogen and oxygen atoms in total. The smallest absolute Gasteiger partial charge is 0.315 e. The first-order valence-electron chi connectivity index (χ1n) is 9.31. The van der Waals surface area contributed by atoms with Crippen molar-refractivity contribution in [1.82, 2.24) is 16.0 Å². The van der Waals surface area contributed by atoms with Gasteiger partial charge in [0.05, 0.1) is 18.6 Å². The molecule has 3 amide bonds. The number of hydrogen-bond acceptors (Lipinski definition) is 5. The van der Waals surface area contributed by atoms with Gasteiger partial charge in [0.15, 0.2) is 0 Å². The summed E-state index contributed by atoms with van der Waals surface area (Å²) in [6, 6.07) is 9.30. The highest BCUT2D eigenvalue weighted by atomic mass is 32.2. The van der Waals surface area contributed by atoms with Crippen LogP contribution in [0, 0.1) is 0 Å². The van der Waals surface area contributed by atoms with E-state index in [-0.39, 0.29) is 36.6 Å². The standard InChI is InChI=1S/C19H25N3O4S/c23-16(26-11-10-20-18(24)13-6-2-1-3-7-13)9-5-4-8-15-17-14(12-27-15)21-19(25)22-17/h1-3,6-7,14-15,17H,4-5,8-12H2,(H,20,24)(H2,21,22,25)/t14-,15-,17-/m1/s1. The van der Waals surface area contributed by atoms with Gasteiger partial charge in [-0.2, -0.15) is 11.8 Å². The molecule has 146 valence electrons. The summed E-state index contributed by atoms with van der Waals surface area (Å²) in [6.07, 6.45) is 3.05. The molecule has 0 aromatic heterocycles. The Hall–Kier alpha value is -2.22. The second-order valence-corrected chi connectivity index (χ2v) is 7.98. The number of unbranched alkanes of at least 4 members (excludes halogenated alkanes) is 1. The fourth-order valence-corrected chi connectivity index (χ4v) is 4.89. The van der Waals surface area contributed by atoms with Gasteiger partial charge in [0.25, 0.3) is 5.91 Å². The Labute approximate surface area is 163 Å². The lowest BCUT2D eigenvalue weighted by atomic mass is 10.0. The highest BCUT2D eigenvalue weighted by Crippen LogP contribution is 2.33. The molecule has 3 N–H and O–H groups in total. The molecule has 2 saturated heterocycles. The molecule has 0 aliphatic carbocycles. The molecule has 2 heterocycles. The van der Waals surface area contributed by atoms with Crippen LogP contribution >= 0.6 is 11.8 Å². The summed E-state index contributed by atoms with van der Waals surface area (Å²) in [6.45, 7) is 0.477. The number of amides is 3. The maximum Gasteiger partial charge on any atom is 0.315 e. The lowest BCUT2D eigenvalue weighted by Gasteiger charge is -2.16. The van der Waals surface area contributed by atoms with Gasteiger partial charge in [0.2, 0.25) is 0 Å². The fraction of sp³-hybridized carbons (Fsp3) is 0.526. The summed E-state index contributed by atoms with van der Waals surface area (Å²) in [4.78, 5) is 35.0. The molecule has 3 rings (SSSR count). The third kappa shape index (κ3) is 5.63. The number of thioether (sulfide) groups is 1. The summed E-state index contributed by atoms with van der Waals surface area (Å²) in [5, 5.41) is 9.04. The first-order chi connectivity index (χ1) is 13.1. The molecule has 8 heteroatoms. The molecule has 0 unspecified atom stereocenters. The molecule has 2 aliphatic heterocycles. The Morgan fingerprint density at radius 1 is 1.19 bits per heavy atom. The van der Waals surface area contributed by atoms with Gasteiger partial charge in [-0.3, -0.25) is 9.59 Å². The largest absolute Gasteiger partial charge is 0.464 e. The SMILES string of the molecule is O=C1N[C@@H]2[C@@H](CS[C@@H]2CCCCC(=O)OCCNC(=O)c2ccccc2)N1. The number of benzene rings is 1. The average Bonchev–Trinajstić information content (AvgIpc) is 3.22. The molecule has 0 radical (unpaired) electrons. The van der Waals surface area contributed by atoms with E-state index >= 15 is 0 Å². The fourth-order valence-electron chi connectivity index (χ4n) is 3.35. The van der Waals surface area contributed by atoms with Gasteiger partial charge in [0.1, 0.15) is 6.61 Å². The first kappa shape index (κ1) is 19.5. The van der Waals surface area contributed by atoms with Gasteiger partial charge in [0, 0.05) is 23.0 Å². The highest BCUT2D eigenvalue weighted by Gasteiger charge is 2.42. The lowest BCUT2D eigenvalue weighted by Crippen LogP contribution is -2.36. The van der Waals surface area contributed by atoms with Crippen LogP contribution in [0.2, 0.25) is 0 Å². The Morgan fingerprint density at radius 3 is 2.81 bits per heavy atom. The van der Waals surface area contributed by atoms with Gasteiger partial charge < -0.3 is 20.7 Å². The van der Waals surface area contributed by atoms with Gasteiger partial charge in [-0.1, -0.05) is 24.6 Å². The molecule has 3 atom stereocenters. The minimum atomic E-state index is -0.239. The van der Waals surface area contributed by atoms with Crippen molar-refractivity contribution in [2.45, 2.75) is 43.0 Å². The quantitative estimate of drug-likeness (QED) is 0.338. The molecule has 1 aromatic rings. The summed E-state index contributed by atoms with van der Waals surface area (Å²) in [5.74, 6) is 0.536. The van der Waals surface area contributed by atoms with Crippen LogP contribution in [-0.4, -0.2) is 54.1 Å². The molecule has 1 aromatic carbocycles. The topological polar surface area (TPSA) is 96.5 Å². The number of carbonyl (C=O) groups excluding carboxylic acids is 3. The maximum atomic E-state index is 11.8. The van der Waals surface area contributed by atoms with E-state index in [2.05, 4.69) is 16.0 Å². The van der Waals surface area contributed by atoms with E-state index in [1.54, 1.807) is 24.3 Å². The number of ether oxygens (including phenoxy) is 1. The third-order valence-electron chi connectivity index (χ3n) is 4.74. The molecule has 2 fully saturated rings. The maximum absolute atomic E-state index is 11.8. The Bertz CT molecular complexity index is 670. The molecule has 0 bridgehead atoms. The number of rotatable bonds is 9. The van der Waals surface area contributed by atoms with Crippen LogP contribution in [-0.2, 0) is 9.53 Å². The monoisotopic (exact) mass is 391 g/mol. The summed E-state index contributed by atoms with van der Waals surface area (Å²) >= 11 is 1.88. The minimum Gasteiger partial charge on any atom is -0.464 e. The summed E-state index contributed by atoms with van der Waals surface area (Å²) in [7, 11) is 0. The van der Waals surface area contributed by atoms with E-state index in [1.165, 1.54) is 0 Å².